The number of anilines is 2. The van der Waals surface area contributed by atoms with Gasteiger partial charge in [0.05, 0.1) is 11.4 Å². The number of nitrogens with zero attached hydrogens (tertiary/aromatic N) is 4. The summed E-state index contributed by atoms with van der Waals surface area (Å²) in [6.45, 7) is 1.98. The van der Waals surface area contributed by atoms with Gasteiger partial charge >= 0.3 is 5.82 Å². The molecule has 0 aliphatic heterocycles. The highest BCUT2D eigenvalue weighted by molar-refractivity contribution is 5.67. The Hall–Kier alpha value is -2.44. The summed E-state index contributed by atoms with van der Waals surface area (Å²) < 4.78 is 1.67. The molecule has 7 nitrogen and oxygen atoms in total. The molecule has 1 N–H and O–H groups in total. The number of rotatable bonds is 4. The Balaban J connectivity index is 2.36. The number of hydrogen-bond acceptors (Lipinski definition) is 5. The SMILES string of the molecule is CCc1nn(C)cc1Nc1cccnc1[N+](=O)[O-]. The summed E-state index contributed by atoms with van der Waals surface area (Å²) in [6.07, 6.45) is 3.93. The summed E-state index contributed by atoms with van der Waals surface area (Å²) in [5.41, 5.74) is 1.98. The van der Waals surface area contributed by atoms with Crippen molar-refractivity contribution in [3.8, 4) is 0 Å². The molecule has 2 rings (SSSR count). The van der Waals surface area contributed by atoms with Gasteiger partial charge < -0.3 is 15.4 Å². The van der Waals surface area contributed by atoms with E-state index in [2.05, 4.69) is 15.4 Å². The predicted molar refractivity (Wildman–Crippen MR) is 66.8 cm³/mol. The van der Waals surface area contributed by atoms with Gasteiger partial charge in [0.1, 0.15) is 11.9 Å². The van der Waals surface area contributed by atoms with E-state index >= 15 is 0 Å². The van der Waals surface area contributed by atoms with Gasteiger partial charge in [-0.1, -0.05) is 6.92 Å². The maximum atomic E-state index is 10.9. The Kier molecular flexibility index (Phi) is 3.22. The molecule has 18 heavy (non-hydrogen) atoms. The van der Waals surface area contributed by atoms with Gasteiger partial charge in [0.15, 0.2) is 0 Å². The van der Waals surface area contributed by atoms with E-state index in [0.717, 1.165) is 17.8 Å². The maximum absolute atomic E-state index is 10.9. The van der Waals surface area contributed by atoms with E-state index in [1.54, 1.807) is 23.0 Å². The second-order valence-electron chi connectivity index (χ2n) is 3.77. The smallest absolute Gasteiger partial charge is 0.358 e. The fourth-order valence-corrected chi connectivity index (χ4v) is 1.69. The zero-order valence-electron chi connectivity index (χ0n) is 10.1. The minimum absolute atomic E-state index is 0.191. The molecule has 0 amide bonds. The summed E-state index contributed by atoms with van der Waals surface area (Å²) >= 11 is 0. The summed E-state index contributed by atoms with van der Waals surface area (Å²) in [7, 11) is 1.81. The van der Waals surface area contributed by atoms with E-state index < -0.39 is 4.92 Å². The van der Waals surface area contributed by atoms with Crippen molar-refractivity contribution in [2.45, 2.75) is 13.3 Å². The van der Waals surface area contributed by atoms with Gasteiger partial charge in [-0.2, -0.15) is 5.10 Å². The third-order valence-electron chi connectivity index (χ3n) is 2.47. The Morgan fingerprint density at radius 2 is 2.28 bits per heavy atom. The molecule has 0 aromatic carbocycles. The zero-order valence-corrected chi connectivity index (χ0v) is 10.1. The lowest BCUT2D eigenvalue weighted by atomic mass is 10.3. The molecule has 2 aromatic rings. The summed E-state index contributed by atoms with van der Waals surface area (Å²) in [5, 5.41) is 18.1. The normalized spacial score (nSPS) is 10.3. The summed E-state index contributed by atoms with van der Waals surface area (Å²) in [4.78, 5) is 14.1. The molecule has 0 aliphatic rings. The van der Waals surface area contributed by atoms with Crippen molar-refractivity contribution in [1.29, 1.82) is 0 Å². The van der Waals surface area contributed by atoms with E-state index in [4.69, 9.17) is 0 Å². The van der Waals surface area contributed by atoms with Crippen molar-refractivity contribution in [2.24, 2.45) is 7.05 Å². The highest BCUT2D eigenvalue weighted by Crippen LogP contribution is 2.26. The standard InChI is InChI=1S/C11H13N5O2/c1-3-8-10(7-15(2)14-8)13-9-5-4-6-12-11(9)16(17)18/h4-7,13H,3H2,1-2H3. The summed E-state index contributed by atoms with van der Waals surface area (Å²) in [5.74, 6) is -0.191. The molecule has 0 bridgehead atoms. The lowest BCUT2D eigenvalue weighted by molar-refractivity contribution is -0.388. The second-order valence-corrected chi connectivity index (χ2v) is 3.77. The van der Waals surface area contributed by atoms with Crippen molar-refractivity contribution in [3.63, 3.8) is 0 Å². The molecule has 2 aromatic heterocycles. The number of nitro groups is 1. The number of aryl methyl sites for hydroxylation is 2. The van der Waals surface area contributed by atoms with Crippen LogP contribution in [0.4, 0.5) is 17.2 Å². The molecule has 0 saturated carbocycles. The molecular weight excluding hydrogens is 234 g/mol. The third kappa shape index (κ3) is 2.29. The van der Waals surface area contributed by atoms with E-state index in [1.165, 1.54) is 6.20 Å². The molecular formula is C11H13N5O2. The van der Waals surface area contributed by atoms with Crippen LogP contribution in [0.25, 0.3) is 0 Å². The average Bonchev–Trinajstić information content (AvgIpc) is 2.70. The molecule has 7 heteroatoms. The Bertz CT molecular complexity index is 579. The fourth-order valence-electron chi connectivity index (χ4n) is 1.69. The molecule has 0 spiro atoms. The monoisotopic (exact) mass is 247 g/mol. The van der Waals surface area contributed by atoms with Crippen LogP contribution < -0.4 is 5.32 Å². The molecule has 2 heterocycles. The van der Waals surface area contributed by atoms with Gasteiger partial charge in [-0.3, -0.25) is 4.68 Å². The first kappa shape index (κ1) is 12.0. The highest BCUT2D eigenvalue weighted by atomic mass is 16.6. The van der Waals surface area contributed by atoms with Gasteiger partial charge in [0.2, 0.25) is 0 Å². The van der Waals surface area contributed by atoms with E-state index in [0.29, 0.717) is 5.69 Å². The van der Waals surface area contributed by atoms with Gasteiger partial charge in [-0.15, -0.1) is 0 Å². The fraction of sp³-hybridized carbons (Fsp3) is 0.273. The number of pyridine rings is 1. The van der Waals surface area contributed by atoms with E-state index in [-0.39, 0.29) is 5.82 Å². The van der Waals surface area contributed by atoms with Crippen LogP contribution in [0.1, 0.15) is 12.6 Å². The first-order valence-corrected chi connectivity index (χ1v) is 5.50. The van der Waals surface area contributed by atoms with Crippen LogP contribution in [0.2, 0.25) is 0 Å². The van der Waals surface area contributed by atoms with Crippen LogP contribution in [0.15, 0.2) is 24.5 Å². The number of hydrogen-bond donors (Lipinski definition) is 1. The van der Waals surface area contributed by atoms with Crippen molar-refractivity contribution in [2.75, 3.05) is 5.32 Å². The molecule has 0 saturated heterocycles. The lowest BCUT2D eigenvalue weighted by Gasteiger charge is -2.05. The third-order valence-corrected chi connectivity index (χ3v) is 2.47. The van der Waals surface area contributed by atoms with Crippen LogP contribution >= 0.6 is 0 Å². The number of nitrogens with one attached hydrogen (secondary N) is 1. The van der Waals surface area contributed by atoms with Crippen molar-refractivity contribution in [1.82, 2.24) is 14.8 Å². The van der Waals surface area contributed by atoms with Gasteiger partial charge in [0, 0.05) is 13.2 Å². The predicted octanol–water partition coefficient (Wildman–Crippen LogP) is 2.03. The second kappa shape index (κ2) is 4.82. The Morgan fingerprint density at radius 3 is 2.94 bits per heavy atom. The zero-order chi connectivity index (χ0) is 13.1. The van der Waals surface area contributed by atoms with Crippen LogP contribution in [0, 0.1) is 10.1 Å². The first-order valence-electron chi connectivity index (χ1n) is 5.50. The molecule has 0 fully saturated rings. The molecule has 0 radical (unpaired) electrons. The van der Waals surface area contributed by atoms with Gasteiger partial charge in [0.25, 0.3) is 0 Å². The van der Waals surface area contributed by atoms with E-state index in [9.17, 15) is 10.1 Å². The average molecular weight is 247 g/mol. The van der Waals surface area contributed by atoms with Crippen molar-refractivity contribution >= 4 is 17.2 Å². The maximum Gasteiger partial charge on any atom is 0.387 e. The van der Waals surface area contributed by atoms with Gasteiger partial charge in [-0.25, -0.2) is 0 Å². The van der Waals surface area contributed by atoms with Gasteiger partial charge in [-0.05, 0) is 28.5 Å². The molecule has 0 unspecified atom stereocenters. The van der Waals surface area contributed by atoms with Crippen molar-refractivity contribution in [3.05, 3.63) is 40.3 Å². The minimum atomic E-state index is -0.510. The quantitative estimate of drug-likeness (QED) is 0.659. The van der Waals surface area contributed by atoms with Crippen LogP contribution in [0.3, 0.4) is 0 Å². The molecule has 94 valence electrons. The summed E-state index contributed by atoms with van der Waals surface area (Å²) in [6, 6.07) is 3.27. The number of aromatic nitrogens is 3. The Morgan fingerprint density at radius 1 is 1.50 bits per heavy atom. The van der Waals surface area contributed by atoms with Crippen LogP contribution in [-0.2, 0) is 13.5 Å². The minimum Gasteiger partial charge on any atom is -0.358 e. The molecule has 0 aliphatic carbocycles. The topological polar surface area (TPSA) is 85.9 Å². The largest absolute Gasteiger partial charge is 0.387 e. The Labute approximate surface area is 104 Å². The van der Waals surface area contributed by atoms with Crippen molar-refractivity contribution < 1.29 is 4.92 Å². The lowest BCUT2D eigenvalue weighted by Crippen LogP contribution is -1.99. The highest BCUT2D eigenvalue weighted by Gasteiger charge is 2.16. The van der Waals surface area contributed by atoms with E-state index in [1.807, 2.05) is 14.0 Å². The van der Waals surface area contributed by atoms with Crippen LogP contribution in [-0.4, -0.2) is 19.7 Å². The van der Waals surface area contributed by atoms with Crippen LogP contribution in [0.5, 0.6) is 0 Å². The first-order chi connectivity index (χ1) is 8.61. The molecule has 0 atom stereocenters.